The Bertz CT molecular complexity index is 1530. The molecule has 6 nitrogen and oxygen atoms in total. The molecule has 2 atom stereocenters. The molecule has 0 radical (unpaired) electrons. The number of hydrogen-bond donors (Lipinski definition) is 2. The van der Waals surface area contributed by atoms with Crippen LogP contribution < -0.4 is 15.4 Å². The molecule has 1 aliphatic carbocycles. The zero-order valence-corrected chi connectivity index (χ0v) is 22.5. The number of thiophene rings is 1. The molecule has 0 saturated heterocycles. The van der Waals surface area contributed by atoms with Gasteiger partial charge in [-0.3, -0.25) is 4.79 Å². The lowest BCUT2D eigenvalue weighted by atomic mass is 9.87. The zero-order valence-electron chi connectivity index (χ0n) is 21.7. The molecule has 2 aliphatic rings. The summed E-state index contributed by atoms with van der Waals surface area (Å²) in [7, 11) is 0. The lowest BCUT2D eigenvalue weighted by Crippen LogP contribution is -2.33. The van der Waals surface area contributed by atoms with Gasteiger partial charge < -0.3 is 15.4 Å². The molecule has 8 heteroatoms. The molecule has 200 valence electrons. The SMILES string of the molecule is C=CC(=O)NCC1CCCC(Oc2cc(F)ccc2-c2nnc(-c3ccc4c(c3)CCNC4)c3ccsc23)C1. The Labute approximate surface area is 231 Å². The summed E-state index contributed by atoms with van der Waals surface area (Å²) in [4.78, 5) is 11.6. The number of amides is 1. The van der Waals surface area contributed by atoms with E-state index in [1.54, 1.807) is 17.4 Å². The van der Waals surface area contributed by atoms with Crippen molar-refractivity contribution < 1.29 is 13.9 Å². The molecule has 2 aromatic carbocycles. The summed E-state index contributed by atoms with van der Waals surface area (Å²) >= 11 is 1.61. The Morgan fingerprint density at radius 3 is 2.95 bits per heavy atom. The van der Waals surface area contributed by atoms with E-state index >= 15 is 0 Å². The van der Waals surface area contributed by atoms with Crippen molar-refractivity contribution in [2.75, 3.05) is 13.1 Å². The predicted octanol–water partition coefficient (Wildman–Crippen LogP) is 6.05. The smallest absolute Gasteiger partial charge is 0.243 e. The lowest BCUT2D eigenvalue weighted by Gasteiger charge is -2.30. The van der Waals surface area contributed by atoms with E-state index in [1.807, 2.05) is 0 Å². The van der Waals surface area contributed by atoms with Gasteiger partial charge in [0.05, 0.1) is 10.8 Å². The molecule has 1 amide bonds. The van der Waals surface area contributed by atoms with Crippen LogP contribution in [0.15, 0.2) is 60.5 Å². The summed E-state index contributed by atoms with van der Waals surface area (Å²) in [5, 5.41) is 18.8. The quantitative estimate of drug-likeness (QED) is 0.278. The zero-order chi connectivity index (χ0) is 26.8. The van der Waals surface area contributed by atoms with Crippen LogP contribution in [0.25, 0.3) is 32.6 Å². The number of nitrogens with one attached hydrogen (secondary N) is 2. The second-order valence-corrected chi connectivity index (χ2v) is 11.2. The van der Waals surface area contributed by atoms with Crippen LogP contribution in [0, 0.1) is 11.7 Å². The molecule has 1 aliphatic heterocycles. The fourth-order valence-corrected chi connectivity index (χ4v) is 6.61. The van der Waals surface area contributed by atoms with Crippen LogP contribution in [-0.2, 0) is 17.8 Å². The van der Waals surface area contributed by atoms with Gasteiger partial charge in [0.15, 0.2) is 0 Å². The topological polar surface area (TPSA) is 76.1 Å². The van der Waals surface area contributed by atoms with E-state index in [0.717, 1.165) is 72.1 Å². The Morgan fingerprint density at radius 2 is 2.05 bits per heavy atom. The van der Waals surface area contributed by atoms with Crippen molar-refractivity contribution >= 4 is 27.3 Å². The van der Waals surface area contributed by atoms with E-state index < -0.39 is 0 Å². The number of ether oxygens (including phenoxy) is 1. The second kappa shape index (κ2) is 11.2. The lowest BCUT2D eigenvalue weighted by molar-refractivity contribution is -0.116. The number of rotatable bonds is 7. The highest BCUT2D eigenvalue weighted by atomic mass is 32.1. The number of aromatic nitrogens is 2. The van der Waals surface area contributed by atoms with Crippen molar-refractivity contribution in [2.45, 2.75) is 44.8 Å². The van der Waals surface area contributed by atoms with Gasteiger partial charge >= 0.3 is 0 Å². The van der Waals surface area contributed by atoms with Crippen LogP contribution in [0.1, 0.15) is 36.8 Å². The molecule has 0 spiro atoms. The molecule has 0 bridgehead atoms. The van der Waals surface area contributed by atoms with E-state index in [4.69, 9.17) is 4.74 Å². The van der Waals surface area contributed by atoms with E-state index in [0.29, 0.717) is 23.9 Å². The first-order chi connectivity index (χ1) is 19.1. The largest absolute Gasteiger partial charge is 0.490 e. The average molecular weight is 543 g/mol. The fraction of sp³-hybridized carbons (Fsp3) is 0.323. The highest BCUT2D eigenvalue weighted by molar-refractivity contribution is 7.17. The number of benzene rings is 2. The van der Waals surface area contributed by atoms with E-state index in [9.17, 15) is 9.18 Å². The molecule has 2 N–H and O–H groups in total. The standard InChI is InChI=1S/C31H31FN4O2S/c1-2-28(37)34-17-19-4-3-5-24(14-19)38-27-16-23(32)8-9-25(27)30-31-26(11-13-39-31)29(35-36-30)21-6-7-22-18-33-12-10-20(22)15-21/h2,6-9,11,13,15-16,19,24,33H,1,3-5,10,12,14,17-18H2,(H,34,37). The number of hydrogen-bond acceptors (Lipinski definition) is 6. The molecule has 2 aromatic heterocycles. The van der Waals surface area contributed by atoms with Crippen molar-refractivity contribution in [3.8, 4) is 28.3 Å². The molecule has 1 fully saturated rings. The van der Waals surface area contributed by atoms with Crippen molar-refractivity contribution in [1.82, 2.24) is 20.8 Å². The van der Waals surface area contributed by atoms with Gasteiger partial charge in [0.25, 0.3) is 0 Å². The Kier molecular flexibility index (Phi) is 7.39. The monoisotopic (exact) mass is 542 g/mol. The van der Waals surface area contributed by atoms with E-state index in [-0.39, 0.29) is 17.8 Å². The molecule has 39 heavy (non-hydrogen) atoms. The van der Waals surface area contributed by atoms with Crippen LogP contribution in [0.3, 0.4) is 0 Å². The molecule has 3 heterocycles. The summed E-state index contributed by atoms with van der Waals surface area (Å²) in [6, 6.07) is 13.3. The summed E-state index contributed by atoms with van der Waals surface area (Å²) in [5.74, 6) is 0.267. The number of carbonyl (C=O) groups excluding carboxylic acids is 1. The van der Waals surface area contributed by atoms with Crippen LogP contribution in [0.4, 0.5) is 4.39 Å². The summed E-state index contributed by atoms with van der Waals surface area (Å²) < 4.78 is 21.9. The Morgan fingerprint density at radius 1 is 1.15 bits per heavy atom. The van der Waals surface area contributed by atoms with E-state index in [2.05, 4.69) is 57.1 Å². The average Bonchev–Trinajstić information content (AvgIpc) is 3.46. The minimum absolute atomic E-state index is 0.0685. The van der Waals surface area contributed by atoms with Crippen molar-refractivity contribution in [3.63, 3.8) is 0 Å². The Balaban J connectivity index is 1.30. The summed E-state index contributed by atoms with van der Waals surface area (Å²) in [5.41, 5.74) is 6.04. The molecule has 1 saturated carbocycles. The van der Waals surface area contributed by atoms with Crippen LogP contribution >= 0.6 is 11.3 Å². The van der Waals surface area contributed by atoms with Gasteiger partial charge in [-0.05, 0) is 91.4 Å². The second-order valence-electron chi connectivity index (χ2n) is 10.3. The minimum Gasteiger partial charge on any atom is -0.490 e. The summed E-state index contributed by atoms with van der Waals surface area (Å²) in [6.45, 7) is 5.98. The van der Waals surface area contributed by atoms with Gasteiger partial charge in [-0.2, -0.15) is 0 Å². The molecular formula is C31H31FN4O2S. The van der Waals surface area contributed by atoms with Crippen LogP contribution in [0.5, 0.6) is 5.75 Å². The van der Waals surface area contributed by atoms with Gasteiger partial charge in [0, 0.05) is 35.7 Å². The number of carbonyl (C=O) groups is 1. The molecule has 2 unspecified atom stereocenters. The maximum atomic E-state index is 14.4. The number of halogens is 1. The van der Waals surface area contributed by atoms with Gasteiger partial charge in [-0.25, -0.2) is 4.39 Å². The third-order valence-corrected chi connectivity index (χ3v) is 8.65. The summed E-state index contributed by atoms with van der Waals surface area (Å²) in [6.07, 6.45) is 5.91. The highest BCUT2D eigenvalue weighted by Crippen LogP contribution is 2.40. The normalized spacial score (nSPS) is 18.9. The van der Waals surface area contributed by atoms with Gasteiger partial charge in [0.1, 0.15) is 23.0 Å². The minimum atomic E-state index is -0.352. The van der Waals surface area contributed by atoms with Crippen molar-refractivity contribution in [3.05, 3.63) is 77.4 Å². The van der Waals surface area contributed by atoms with Crippen molar-refractivity contribution in [2.24, 2.45) is 5.92 Å². The molecule has 4 aromatic rings. The molecular weight excluding hydrogens is 511 g/mol. The van der Waals surface area contributed by atoms with Crippen LogP contribution in [-0.4, -0.2) is 35.3 Å². The first kappa shape index (κ1) is 25.6. The number of fused-ring (bicyclic) bond motifs is 2. The first-order valence-electron chi connectivity index (χ1n) is 13.5. The maximum absolute atomic E-state index is 14.4. The van der Waals surface area contributed by atoms with Crippen LogP contribution in [0.2, 0.25) is 0 Å². The van der Waals surface area contributed by atoms with Gasteiger partial charge in [-0.15, -0.1) is 21.5 Å². The first-order valence-corrected chi connectivity index (χ1v) is 14.4. The molecule has 6 rings (SSSR count). The third-order valence-electron chi connectivity index (χ3n) is 7.73. The maximum Gasteiger partial charge on any atom is 0.243 e. The highest BCUT2D eigenvalue weighted by Gasteiger charge is 2.26. The number of nitrogens with zero attached hydrogens (tertiary/aromatic N) is 2. The third kappa shape index (κ3) is 5.44. The van der Waals surface area contributed by atoms with Gasteiger partial charge in [-0.1, -0.05) is 18.7 Å². The predicted molar refractivity (Wildman–Crippen MR) is 153 cm³/mol. The Hall–Kier alpha value is -3.62. The van der Waals surface area contributed by atoms with Crippen molar-refractivity contribution in [1.29, 1.82) is 0 Å². The fourth-order valence-electron chi connectivity index (χ4n) is 5.71. The van der Waals surface area contributed by atoms with Gasteiger partial charge in [0.2, 0.25) is 5.91 Å². The van der Waals surface area contributed by atoms with E-state index in [1.165, 1.54) is 29.3 Å².